The van der Waals surface area contributed by atoms with Crippen LogP contribution in [0, 0.1) is 5.82 Å². The lowest BCUT2D eigenvalue weighted by Gasteiger charge is -2.21. The van der Waals surface area contributed by atoms with E-state index in [9.17, 15) is 12.8 Å². The number of hydrogen-bond donors (Lipinski definition) is 0. The Morgan fingerprint density at radius 2 is 1.93 bits per heavy atom. The van der Waals surface area contributed by atoms with E-state index in [-0.39, 0.29) is 10.7 Å². The predicted molar refractivity (Wildman–Crippen MR) is 109 cm³/mol. The number of nitrogens with zero attached hydrogens (tertiary/aromatic N) is 2. The van der Waals surface area contributed by atoms with E-state index < -0.39 is 10.0 Å². The maximum atomic E-state index is 13.9. The first-order valence-corrected chi connectivity index (χ1v) is 10.8. The summed E-state index contributed by atoms with van der Waals surface area (Å²) in [7, 11) is -1.79. The van der Waals surface area contributed by atoms with Gasteiger partial charge in [-0.2, -0.15) is 0 Å². The Bertz CT molecular complexity index is 1170. The van der Waals surface area contributed by atoms with Crippen molar-refractivity contribution >= 4 is 42.4 Å². The van der Waals surface area contributed by atoms with Crippen LogP contribution >= 0.6 is 15.9 Å². The number of hydrogen-bond acceptors (Lipinski definition) is 3. The molecule has 0 spiro atoms. The van der Waals surface area contributed by atoms with E-state index in [1.807, 2.05) is 7.05 Å². The molecule has 0 saturated heterocycles. The summed E-state index contributed by atoms with van der Waals surface area (Å²) in [5.41, 5.74) is 2.29. The van der Waals surface area contributed by atoms with Gasteiger partial charge in [0.2, 0.25) is 0 Å². The lowest BCUT2D eigenvalue weighted by atomic mass is 9.99. The molecule has 4 rings (SSSR count). The SMILES string of the molecule is CN1CC=C(c2cn(S(=O)(=O)c3ccccc3Br)c3ccc(F)cc23)CC1. The standard InChI is InChI=1S/C20H18BrFN2O2S/c1-23-10-8-14(9-11-23)17-13-24(19-7-6-15(22)12-16(17)19)27(25,26)20-5-3-2-4-18(20)21/h2-8,12-13H,9-11H2,1H3. The van der Waals surface area contributed by atoms with E-state index in [0.717, 1.165) is 30.6 Å². The Labute approximate surface area is 166 Å². The highest BCUT2D eigenvalue weighted by Crippen LogP contribution is 2.34. The molecule has 2 aromatic carbocycles. The van der Waals surface area contributed by atoms with Crippen molar-refractivity contribution in [2.45, 2.75) is 11.3 Å². The molecule has 0 saturated carbocycles. The van der Waals surface area contributed by atoms with Gasteiger partial charge in [0, 0.05) is 34.7 Å². The highest BCUT2D eigenvalue weighted by molar-refractivity contribution is 9.10. The van der Waals surface area contributed by atoms with Crippen LogP contribution in [0.1, 0.15) is 12.0 Å². The zero-order chi connectivity index (χ0) is 19.2. The Morgan fingerprint density at radius 1 is 1.15 bits per heavy atom. The summed E-state index contributed by atoms with van der Waals surface area (Å²) in [5, 5.41) is 0.612. The van der Waals surface area contributed by atoms with Gasteiger partial charge in [-0.25, -0.2) is 16.8 Å². The molecule has 0 unspecified atom stereocenters. The summed E-state index contributed by atoms with van der Waals surface area (Å²) in [6.45, 7) is 1.67. The average Bonchev–Trinajstić information content (AvgIpc) is 3.02. The summed E-state index contributed by atoms with van der Waals surface area (Å²) in [6.07, 6.45) is 4.50. The van der Waals surface area contributed by atoms with Gasteiger partial charge < -0.3 is 4.90 Å². The van der Waals surface area contributed by atoms with Crippen molar-refractivity contribution in [3.8, 4) is 0 Å². The zero-order valence-corrected chi connectivity index (χ0v) is 17.1. The lowest BCUT2D eigenvalue weighted by Crippen LogP contribution is -2.23. The molecule has 0 aliphatic carbocycles. The van der Waals surface area contributed by atoms with Crippen molar-refractivity contribution in [1.82, 2.24) is 8.87 Å². The smallest absolute Gasteiger partial charge is 0.269 e. The highest BCUT2D eigenvalue weighted by Gasteiger charge is 2.25. The molecular weight excluding hydrogens is 431 g/mol. The van der Waals surface area contributed by atoms with E-state index >= 15 is 0 Å². The lowest BCUT2D eigenvalue weighted by molar-refractivity contribution is 0.370. The first-order valence-electron chi connectivity index (χ1n) is 8.56. The maximum absolute atomic E-state index is 13.9. The Hall–Kier alpha value is -1.96. The summed E-state index contributed by atoms with van der Waals surface area (Å²) in [6, 6.07) is 10.9. The highest BCUT2D eigenvalue weighted by atomic mass is 79.9. The number of rotatable bonds is 3. The molecule has 0 atom stereocenters. The van der Waals surface area contributed by atoms with Crippen molar-refractivity contribution in [2.75, 3.05) is 20.1 Å². The van der Waals surface area contributed by atoms with E-state index in [1.54, 1.807) is 30.5 Å². The van der Waals surface area contributed by atoms with Gasteiger partial charge in [-0.15, -0.1) is 0 Å². The molecule has 4 nitrogen and oxygen atoms in total. The summed E-state index contributed by atoms with van der Waals surface area (Å²) < 4.78 is 42.3. The topological polar surface area (TPSA) is 42.3 Å². The molecule has 7 heteroatoms. The normalized spacial score (nSPS) is 15.9. The monoisotopic (exact) mass is 448 g/mol. The summed E-state index contributed by atoms with van der Waals surface area (Å²) >= 11 is 3.33. The summed E-state index contributed by atoms with van der Waals surface area (Å²) in [4.78, 5) is 2.36. The molecule has 0 radical (unpaired) electrons. The van der Waals surface area contributed by atoms with Gasteiger partial charge in [-0.3, -0.25) is 0 Å². The van der Waals surface area contributed by atoms with E-state index in [4.69, 9.17) is 0 Å². The van der Waals surface area contributed by atoms with Crippen LogP contribution in [0.15, 0.2) is 64.1 Å². The van der Waals surface area contributed by atoms with E-state index in [0.29, 0.717) is 15.4 Å². The van der Waals surface area contributed by atoms with Crippen LogP contribution in [0.25, 0.3) is 16.5 Å². The molecule has 0 N–H and O–H groups in total. The third-order valence-electron chi connectivity index (χ3n) is 4.86. The number of fused-ring (bicyclic) bond motifs is 1. The molecule has 0 amide bonds. The fourth-order valence-electron chi connectivity index (χ4n) is 3.40. The van der Waals surface area contributed by atoms with Crippen LogP contribution in [0.3, 0.4) is 0 Å². The van der Waals surface area contributed by atoms with Gasteiger partial charge in [0.25, 0.3) is 10.0 Å². The second-order valence-corrected chi connectivity index (χ2v) is 9.31. The van der Waals surface area contributed by atoms with Gasteiger partial charge in [0.15, 0.2) is 0 Å². The minimum absolute atomic E-state index is 0.176. The maximum Gasteiger partial charge on any atom is 0.269 e. The zero-order valence-electron chi connectivity index (χ0n) is 14.7. The number of likely N-dealkylation sites (N-methyl/N-ethyl adjacent to an activating group) is 1. The quantitative estimate of drug-likeness (QED) is 0.592. The number of aromatic nitrogens is 1. The second-order valence-electron chi connectivity index (χ2n) is 6.68. The molecule has 1 aliphatic heterocycles. The second kappa shape index (κ2) is 6.89. The van der Waals surface area contributed by atoms with E-state index in [1.165, 1.54) is 22.2 Å². The fourth-order valence-corrected chi connectivity index (χ4v) is 5.74. The molecule has 1 aromatic heterocycles. The molecule has 0 bridgehead atoms. The van der Waals surface area contributed by atoms with Crippen molar-refractivity contribution in [2.24, 2.45) is 0 Å². The van der Waals surface area contributed by atoms with Crippen LogP contribution in [-0.2, 0) is 10.0 Å². The van der Waals surface area contributed by atoms with Crippen molar-refractivity contribution in [3.63, 3.8) is 0 Å². The molecule has 1 aliphatic rings. The number of halogens is 2. The van der Waals surface area contributed by atoms with Gasteiger partial charge in [-0.05, 0) is 65.3 Å². The molecule has 3 aromatic rings. The molecule has 27 heavy (non-hydrogen) atoms. The largest absolute Gasteiger partial charge is 0.302 e. The Balaban J connectivity index is 1.96. The third kappa shape index (κ3) is 3.24. The predicted octanol–water partition coefficient (Wildman–Crippen LogP) is 4.50. The number of benzene rings is 2. The fraction of sp³-hybridized carbons (Fsp3) is 0.200. The van der Waals surface area contributed by atoms with Crippen LogP contribution in [0.4, 0.5) is 4.39 Å². The van der Waals surface area contributed by atoms with Gasteiger partial charge >= 0.3 is 0 Å². The van der Waals surface area contributed by atoms with Gasteiger partial charge in [0.1, 0.15) is 10.7 Å². The van der Waals surface area contributed by atoms with Crippen molar-refractivity contribution in [3.05, 3.63) is 70.6 Å². The average molecular weight is 449 g/mol. The first-order chi connectivity index (χ1) is 12.9. The van der Waals surface area contributed by atoms with Gasteiger partial charge in [-0.1, -0.05) is 18.2 Å². The minimum atomic E-state index is -3.83. The van der Waals surface area contributed by atoms with Crippen LogP contribution in [0.2, 0.25) is 0 Å². The Morgan fingerprint density at radius 3 is 2.63 bits per heavy atom. The van der Waals surface area contributed by atoms with Crippen molar-refractivity contribution < 1.29 is 12.8 Å². The van der Waals surface area contributed by atoms with Crippen LogP contribution < -0.4 is 0 Å². The Kier molecular flexibility index (Phi) is 4.70. The molecule has 0 fully saturated rings. The minimum Gasteiger partial charge on any atom is -0.302 e. The molecule has 2 heterocycles. The summed E-state index contributed by atoms with van der Waals surface area (Å²) in [5.74, 6) is -0.381. The van der Waals surface area contributed by atoms with E-state index in [2.05, 4.69) is 26.9 Å². The van der Waals surface area contributed by atoms with Crippen molar-refractivity contribution in [1.29, 1.82) is 0 Å². The third-order valence-corrected chi connectivity index (χ3v) is 7.55. The first kappa shape index (κ1) is 18.4. The van der Waals surface area contributed by atoms with Crippen LogP contribution in [-0.4, -0.2) is 37.4 Å². The van der Waals surface area contributed by atoms with Crippen LogP contribution in [0.5, 0.6) is 0 Å². The van der Waals surface area contributed by atoms with Gasteiger partial charge in [0.05, 0.1) is 5.52 Å². The molecular formula is C20H18BrFN2O2S. The molecule has 140 valence electrons.